The van der Waals surface area contributed by atoms with Crippen molar-refractivity contribution in [3.63, 3.8) is 0 Å². The normalized spacial score (nSPS) is 10.2. The van der Waals surface area contributed by atoms with Gasteiger partial charge in [-0.1, -0.05) is 29.8 Å². The first-order chi connectivity index (χ1) is 11.0. The Morgan fingerprint density at radius 1 is 1.09 bits per heavy atom. The van der Waals surface area contributed by atoms with Crippen LogP contribution in [0.2, 0.25) is 5.02 Å². The molecule has 0 unspecified atom stereocenters. The van der Waals surface area contributed by atoms with Crippen molar-refractivity contribution in [2.75, 3.05) is 11.9 Å². The molecular formula is C17H18ClN3O2. The Kier molecular flexibility index (Phi) is 6.11. The van der Waals surface area contributed by atoms with E-state index in [4.69, 9.17) is 11.6 Å². The minimum Gasteiger partial charge on any atom is -0.355 e. The SMILES string of the molecule is Cc1cccc(NC(=O)CCNC(=O)Cc2ccc(Cl)cc2)n1. The Labute approximate surface area is 140 Å². The second-order valence-electron chi connectivity index (χ2n) is 5.12. The van der Waals surface area contributed by atoms with Crippen LogP contribution < -0.4 is 10.6 Å². The number of rotatable bonds is 6. The predicted octanol–water partition coefficient (Wildman–Crippen LogP) is 2.73. The van der Waals surface area contributed by atoms with Crippen LogP contribution >= 0.6 is 11.6 Å². The molecule has 0 aliphatic heterocycles. The number of pyridine rings is 1. The van der Waals surface area contributed by atoms with Gasteiger partial charge in [-0.15, -0.1) is 0 Å². The van der Waals surface area contributed by atoms with E-state index in [1.54, 1.807) is 30.3 Å². The first-order valence-corrected chi connectivity index (χ1v) is 7.65. The van der Waals surface area contributed by atoms with Gasteiger partial charge in [0.25, 0.3) is 0 Å². The zero-order valence-electron chi connectivity index (χ0n) is 12.8. The Hall–Kier alpha value is -2.40. The Morgan fingerprint density at radius 3 is 2.52 bits per heavy atom. The van der Waals surface area contributed by atoms with Crippen molar-refractivity contribution in [3.05, 3.63) is 58.7 Å². The molecule has 23 heavy (non-hydrogen) atoms. The third kappa shape index (κ3) is 6.08. The number of carbonyl (C=O) groups excluding carboxylic acids is 2. The highest BCUT2D eigenvalue weighted by Gasteiger charge is 2.06. The molecule has 1 aromatic heterocycles. The van der Waals surface area contributed by atoms with Crippen LogP contribution in [0.15, 0.2) is 42.5 Å². The van der Waals surface area contributed by atoms with E-state index in [1.165, 1.54) is 0 Å². The van der Waals surface area contributed by atoms with Gasteiger partial charge in [-0.2, -0.15) is 0 Å². The number of hydrogen-bond donors (Lipinski definition) is 2. The minimum absolute atomic E-state index is 0.131. The van der Waals surface area contributed by atoms with Gasteiger partial charge in [0.15, 0.2) is 0 Å². The number of aromatic nitrogens is 1. The van der Waals surface area contributed by atoms with E-state index < -0.39 is 0 Å². The molecule has 6 heteroatoms. The zero-order chi connectivity index (χ0) is 16.7. The summed E-state index contributed by atoms with van der Waals surface area (Å²) in [4.78, 5) is 27.8. The second-order valence-corrected chi connectivity index (χ2v) is 5.55. The van der Waals surface area contributed by atoms with E-state index in [2.05, 4.69) is 15.6 Å². The van der Waals surface area contributed by atoms with Crippen LogP contribution in [0, 0.1) is 6.92 Å². The molecule has 2 rings (SSSR count). The molecule has 0 saturated carbocycles. The molecule has 0 aliphatic rings. The number of carbonyl (C=O) groups is 2. The highest BCUT2D eigenvalue weighted by Crippen LogP contribution is 2.09. The van der Waals surface area contributed by atoms with E-state index in [0.717, 1.165) is 11.3 Å². The molecule has 1 aromatic carbocycles. The van der Waals surface area contributed by atoms with E-state index in [1.807, 2.05) is 19.1 Å². The van der Waals surface area contributed by atoms with Gasteiger partial charge < -0.3 is 10.6 Å². The monoisotopic (exact) mass is 331 g/mol. The molecule has 0 radical (unpaired) electrons. The van der Waals surface area contributed by atoms with Crippen molar-refractivity contribution in [3.8, 4) is 0 Å². The highest BCUT2D eigenvalue weighted by atomic mass is 35.5. The number of amides is 2. The van der Waals surface area contributed by atoms with E-state index in [0.29, 0.717) is 10.8 Å². The van der Waals surface area contributed by atoms with Crippen molar-refractivity contribution < 1.29 is 9.59 Å². The number of benzene rings is 1. The number of halogens is 1. The van der Waals surface area contributed by atoms with Crippen molar-refractivity contribution in [2.45, 2.75) is 19.8 Å². The van der Waals surface area contributed by atoms with Crippen molar-refractivity contribution in [1.29, 1.82) is 0 Å². The molecule has 5 nitrogen and oxygen atoms in total. The summed E-state index contributed by atoms with van der Waals surface area (Å²) in [6.45, 7) is 2.14. The third-order valence-corrected chi connectivity index (χ3v) is 3.36. The lowest BCUT2D eigenvalue weighted by Crippen LogP contribution is -2.29. The van der Waals surface area contributed by atoms with E-state index in [9.17, 15) is 9.59 Å². The van der Waals surface area contributed by atoms with Crippen molar-refractivity contribution in [1.82, 2.24) is 10.3 Å². The largest absolute Gasteiger partial charge is 0.355 e. The number of hydrogen-bond acceptors (Lipinski definition) is 3. The number of nitrogens with one attached hydrogen (secondary N) is 2. The first kappa shape index (κ1) is 17.0. The van der Waals surface area contributed by atoms with Crippen molar-refractivity contribution >= 4 is 29.2 Å². The summed E-state index contributed by atoms with van der Waals surface area (Å²) in [7, 11) is 0. The van der Waals surface area contributed by atoms with E-state index >= 15 is 0 Å². The molecular weight excluding hydrogens is 314 g/mol. The lowest BCUT2D eigenvalue weighted by Gasteiger charge is -2.07. The van der Waals surface area contributed by atoms with Crippen LogP contribution in [0.5, 0.6) is 0 Å². The van der Waals surface area contributed by atoms with Gasteiger partial charge in [-0.3, -0.25) is 9.59 Å². The molecule has 0 spiro atoms. The van der Waals surface area contributed by atoms with Crippen molar-refractivity contribution in [2.24, 2.45) is 0 Å². The van der Waals surface area contributed by atoms with Crippen LogP contribution in [-0.4, -0.2) is 23.3 Å². The summed E-state index contributed by atoms with van der Waals surface area (Å²) in [6, 6.07) is 12.5. The fourth-order valence-corrected chi connectivity index (χ4v) is 2.11. The number of aryl methyl sites for hydroxylation is 1. The zero-order valence-corrected chi connectivity index (χ0v) is 13.6. The predicted molar refractivity (Wildman–Crippen MR) is 90.4 cm³/mol. The summed E-state index contributed by atoms with van der Waals surface area (Å²) in [5.74, 6) is 0.200. The van der Waals surface area contributed by atoms with Crippen LogP contribution in [0.3, 0.4) is 0 Å². The van der Waals surface area contributed by atoms with Crippen LogP contribution in [0.1, 0.15) is 17.7 Å². The lowest BCUT2D eigenvalue weighted by molar-refractivity contribution is -0.120. The lowest BCUT2D eigenvalue weighted by atomic mass is 10.1. The fraction of sp³-hybridized carbons (Fsp3) is 0.235. The molecule has 0 saturated heterocycles. The fourth-order valence-electron chi connectivity index (χ4n) is 1.98. The summed E-state index contributed by atoms with van der Waals surface area (Å²) in [5, 5.41) is 6.05. The molecule has 2 amide bonds. The van der Waals surface area contributed by atoms with Gasteiger partial charge in [0.2, 0.25) is 11.8 Å². The number of nitrogens with zero attached hydrogens (tertiary/aromatic N) is 1. The minimum atomic E-state index is -0.185. The standard InChI is InChI=1S/C17H18ClN3O2/c1-12-3-2-4-15(20-12)21-16(22)9-10-19-17(23)11-13-5-7-14(18)8-6-13/h2-8H,9-11H2,1H3,(H,19,23)(H,20,21,22). The summed E-state index contributed by atoms with van der Waals surface area (Å²) < 4.78 is 0. The maximum Gasteiger partial charge on any atom is 0.227 e. The third-order valence-electron chi connectivity index (χ3n) is 3.11. The summed E-state index contributed by atoms with van der Waals surface area (Å²) in [5.41, 5.74) is 1.71. The summed E-state index contributed by atoms with van der Waals surface area (Å²) in [6.07, 6.45) is 0.459. The quantitative estimate of drug-likeness (QED) is 0.855. The van der Waals surface area contributed by atoms with Gasteiger partial charge in [-0.25, -0.2) is 4.98 Å². The van der Waals surface area contributed by atoms with Crippen LogP contribution in [0.4, 0.5) is 5.82 Å². The van der Waals surface area contributed by atoms with Gasteiger partial charge >= 0.3 is 0 Å². The first-order valence-electron chi connectivity index (χ1n) is 7.27. The maximum absolute atomic E-state index is 11.8. The molecule has 2 aromatic rings. The van der Waals surface area contributed by atoms with Crippen LogP contribution in [-0.2, 0) is 16.0 Å². The Balaban J connectivity index is 1.70. The van der Waals surface area contributed by atoms with E-state index in [-0.39, 0.29) is 31.2 Å². The number of anilines is 1. The van der Waals surface area contributed by atoms with Gasteiger partial charge in [-0.05, 0) is 36.8 Å². The van der Waals surface area contributed by atoms with Gasteiger partial charge in [0, 0.05) is 23.7 Å². The molecule has 0 bridgehead atoms. The molecule has 120 valence electrons. The molecule has 2 N–H and O–H groups in total. The second kappa shape index (κ2) is 8.29. The Bertz CT molecular complexity index is 686. The molecule has 0 aliphatic carbocycles. The Morgan fingerprint density at radius 2 is 1.83 bits per heavy atom. The molecule has 0 atom stereocenters. The topological polar surface area (TPSA) is 71.1 Å². The maximum atomic E-state index is 11.8. The van der Waals surface area contributed by atoms with Crippen LogP contribution in [0.25, 0.3) is 0 Å². The van der Waals surface area contributed by atoms with Gasteiger partial charge in [0.1, 0.15) is 5.82 Å². The summed E-state index contributed by atoms with van der Waals surface area (Å²) >= 11 is 5.79. The average Bonchev–Trinajstić information content (AvgIpc) is 2.49. The molecule has 1 heterocycles. The molecule has 0 fully saturated rings. The van der Waals surface area contributed by atoms with Gasteiger partial charge in [0.05, 0.1) is 6.42 Å². The highest BCUT2D eigenvalue weighted by molar-refractivity contribution is 6.30. The average molecular weight is 332 g/mol. The smallest absolute Gasteiger partial charge is 0.227 e.